The van der Waals surface area contributed by atoms with E-state index in [-0.39, 0.29) is 0 Å². The zero-order valence-electron chi connectivity index (χ0n) is 12.3. The van der Waals surface area contributed by atoms with Crippen LogP contribution in [0.2, 0.25) is 0 Å². The molecule has 1 N–H and O–H groups in total. The minimum Gasteiger partial charge on any atom is -0.372 e. The van der Waals surface area contributed by atoms with Crippen LogP contribution in [0.4, 0.5) is 5.82 Å². The van der Waals surface area contributed by atoms with Gasteiger partial charge in [0.25, 0.3) is 0 Å². The highest BCUT2D eigenvalue weighted by molar-refractivity contribution is 9.10. The Morgan fingerprint density at radius 3 is 2.70 bits per heavy atom. The summed E-state index contributed by atoms with van der Waals surface area (Å²) in [6.45, 7) is 7.25. The number of nitrogens with zero attached hydrogens (tertiary/aromatic N) is 4. The molecule has 2 heterocycles. The van der Waals surface area contributed by atoms with Crippen molar-refractivity contribution < 1.29 is 0 Å². The fourth-order valence-corrected chi connectivity index (χ4v) is 2.87. The van der Waals surface area contributed by atoms with E-state index in [1.165, 1.54) is 0 Å². The third-order valence-corrected chi connectivity index (χ3v) is 3.82. The van der Waals surface area contributed by atoms with Gasteiger partial charge in [0.05, 0.1) is 10.2 Å². The van der Waals surface area contributed by atoms with Gasteiger partial charge in [-0.05, 0) is 34.3 Å². The molecule has 6 heteroatoms. The molecular formula is C14H20BrN5. The second-order valence-electron chi connectivity index (χ2n) is 4.94. The van der Waals surface area contributed by atoms with Gasteiger partial charge in [0.1, 0.15) is 11.5 Å². The summed E-state index contributed by atoms with van der Waals surface area (Å²) in [6, 6.07) is 1.96. The molecule has 2 aromatic rings. The van der Waals surface area contributed by atoms with Gasteiger partial charge in [-0.15, -0.1) is 0 Å². The molecule has 0 aromatic carbocycles. The fraction of sp³-hybridized carbons (Fsp3) is 0.500. The van der Waals surface area contributed by atoms with Crippen molar-refractivity contribution >= 4 is 21.7 Å². The molecule has 0 saturated carbocycles. The number of rotatable bonds is 5. The topological polar surface area (TPSA) is 55.6 Å². The van der Waals surface area contributed by atoms with Crippen LogP contribution in [0.1, 0.15) is 38.8 Å². The first-order valence-corrected chi connectivity index (χ1v) is 7.65. The Hall–Kier alpha value is -1.43. The van der Waals surface area contributed by atoms with Crippen LogP contribution in [-0.2, 0) is 6.54 Å². The Balaban J connectivity index is 2.56. The van der Waals surface area contributed by atoms with Crippen LogP contribution >= 0.6 is 15.9 Å². The average Bonchev–Trinajstić information content (AvgIpc) is 2.87. The second kappa shape index (κ2) is 6.35. The van der Waals surface area contributed by atoms with Gasteiger partial charge in [-0.1, -0.05) is 20.8 Å². The summed E-state index contributed by atoms with van der Waals surface area (Å²) in [5.41, 5.74) is 1.96. The molecule has 0 aliphatic rings. The maximum atomic E-state index is 4.71. The highest BCUT2D eigenvalue weighted by Crippen LogP contribution is 2.31. The molecule has 0 atom stereocenters. The van der Waals surface area contributed by atoms with E-state index >= 15 is 0 Å². The number of halogens is 1. The molecular weight excluding hydrogens is 318 g/mol. The van der Waals surface area contributed by atoms with E-state index in [0.29, 0.717) is 11.7 Å². The Kier molecular flexibility index (Phi) is 4.75. The third-order valence-electron chi connectivity index (χ3n) is 3.04. The summed E-state index contributed by atoms with van der Waals surface area (Å²) in [5, 5.41) is 7.46. The van der Waals surface area contributed by atoms with Gasteiger partial charge in [0.2, 0.25) is 0 Å². The molecule has 0 amide bonds. The lowest BCUT2D eigenvalue weighted by Gasteiger charge is -2.14. The Labute approximate surface area is 128 Å². The summed E-state index contributed by atoms with van der Waals surface area (Å²) in [6.07, 6.45) is 2.83. The number of anilines is 1. The molecule has 0 radical (unpaired) electrons. The van der Waals surface area contributed by atoms with Gasteiger partial charge in [-0.3, -0.25) is 4.68 Å². The smallest absolute Gasteiger partial charge is 0.180 e. The van der Waals surface area contributed by atoms with E-state index in [4.69, 9.17) is 4.98 Å². The summed E-state index contributed by atoms with van der Waals surface area (Å²) >= 11 is 3.58. The predicted molar refractivity (Wildman–Crippen MR) is 84.9 cm³/mol. The lowest BCUT2D eigenvalue weighted by molar-refractivity contribution is 0.606. The zero-order valence-corrected chi connectivity index (χ0v) is 13.9. The van der Waals surface area contributed by atoms with Crippen LogP contribution in [0.3, 0.4) is 0 Å². The number of aryl methyl sites for hydroxylation is 1. The number of hydrogen-bond acceptors (Lipinski definition) is 4. The molecule has 0 aliphatic carbocycles. The standard InChI is InChI=1S/C14H20BrN5/c1-5-8-20-10(6-7-17-20)13-18-12(9(2)3)11(15)14(16-4)19-13/h6-7,9H,5,8H2,1-4H3,(H,16,18,19). The second-order valence-corrected chi connectivity index (χ2v) is 5.73. The van der Waals surface area contributed by atoms with Crippen LogP contribution in [0.5, 0.6) is 0 Å². The summed E-state index contributed by atoms with van der Waals surface area (Å²) in [7, 11) is 1.87. The first kappa shape index (κ1) is 15.0. The summed E-state index contributed by atoms with van der Waals surface area (Å²) in [4.78, 5) is 9.30. The molecule has 108 valence electrons. The Bertz CT molecular complexity index is 591. The van der Waals surface area contributed by atoms with Crippen molar-refractivity contribution in [1.29, 1.82) is 0 Å². The van der Waals surface area contributed by atoms with Crippen molar-refractivity contribution in [1.82, 2.24) is 19.7 Å². The van der Waals surface area contributed by atoms with Gasteiger partial charge in [0, 0.05) is 19.8 Å². The van der Waals surface area contributed by atoms with Crippen molar-refractivity contribution in [3.63, 3.8) is 0 Å². The van der Waals surface area contributed by atoms with Gasteiger partial charge in [0.15, 0.2) is 5.82 Å². The van der Waals surface area contributed by atoms with Crippen molar-refractivity contribution in [3.05, 3.63) is 22.4 Å². The van der Waals surface area contributed by atoms with Crippen molar-refractivity contribution in [2.24, 2.45) is 0 Å². The fourth-order valence-electron chi connectivity index (χ4n) is 2.04. The summed E-state index contributed by atoms with van der Waals surface area (Å²) in [5.74, 6) is 1.84. The predicted octanol–water partition coefficient (Wildman–Crippen LogP) is 3.68. The highest BCUT2D eigenvalue weighted by atomic mass is 79.9. The van der Waals surface area contributed by atoms with Gasteiger partial charge >= 0.3 is 0 Å². The molecule has 0 fully saturated rings. The monoisotopic (exact) mass is 337 g/mol. The van der Waals surface area contributed by atoms with Gasteiger partial charge < -0.3 is 5.32 Å². The van der Waals surface area contributed by atoms with E-state index in [9.17, 15) is 0 Å². The molecule has 2 rings (SSSR count). The molecule has 0 bridgehead atoms. The van der Waals surface area contributed by atoms with Crippen molar-refractivity contribution in [2.45, 2.75) is 39.7 Å². The van der Waals surface area contributed by atoms with E-state index in [1.807, 2.05) is 17.8 Å². The largest absolute Gasteiger partial charge is 0.372 e. The van der Waals surface area contributed by atoms with E-state index in [0.717, 1.165) is 34.6 Å². The minimum absolute atomic E-state index is 0.320. The SMILES string of the molecule is CCCn1nccc1-c1nc(NC)c(Br)c(C(C)C)n1. The van der Waals surface area contributed by atoms with E-state index in [1.54, 1.807) is 6.20 Å². The average molecular weight is 338 g/mol. The molecule has 0 unspecified atom stereocenters. The first-order valence-electron chi connectivity index (χ1n) is 6.85. The number of aromatic nitrogens is 4. The highest BCUT2D eigenvalue weighted by Gasteiger charge is 2.17. The summed E-state index contributed by atoms with van der Waals surface area (Å²) < 4.78 is 2.88. The normalized spacial score (nSPS) is 11.1. The maximum Gasteiger partial charge on any atom is 0.180 e. The third kappa shape index (κ3) is 2.85. The molecule has 5 nitrogen and oxygen atoms in total. The zero-order chi connectivity index (χ0) is 14.7. The van der Waals surface area contributed by atoms with Crippen LogP contribution < -0.4 is 5.32 Å². The minimum atomic E-state index is 0.320. The lowest BCUT2D eigenvalue weighted by atomic mass is 10.1. The Morgan fingerprint density at radius 1 is 1.35 bits per heavy atom. The van der Waals surface area contributed by atoms with Gasteiger partial charge in [-0.2, -0.15) is 5.10 Å². The van der Waals surface area contributed by atoms with Gasteiger partial charge in [-0.25, -0.2) is 9.97 Å². The quantitative estimate of drug-likeness (QED) is 0.904. The molecule has 0 spiro atoms. The van der Waals surface area contributed by atoms with Crippen LogP contribution in [-0.4, -0.2) is 26.8 Å². The van der Waals surface area contributed by atoms with Crippen LogP contribution in [0.25, 0.3) is 11.5 Å². The van der Waals surface area contributed by atoms with E-state index < -0.39 is 0 Å². The van der Waals surface area contributed by atoms with Crippen LogP contribution in [0, 0.1) is 0 Å². The molecule has 0 aliphatic heterocycles. The first-order chi connectivity index (χ1) is 9.58. The number of hydrogen-bond donors (Lipinski definition) is 1. The number of nitrogens with one attached hydrogen (secondary N) is 1. The van der Waals surface area contributed by atoms with E-state index in [2.05, 4.69) is 52.1 Å². The van der Waals surface area contributed by atoms with Crippen LogP contribution in [0.15, 0.2) is 16.7 Å². The Morgan fingerprint density at radius 2 is 2.10 bits per heavy atom. The molecule has 0 saturated heterocycles. The lowest BCUT2D eigenvalue weighted by Crippen LogP contribution is -2.08. The van der Waals surface area contributed by atoms with Crippen molar-refractivity contribution in [2.75, 3.05) is 12.4 Å². The molecule has 20 heavy (non-hydrogen) atoms. The molecule has 2 aromatic heterocycles. The maximum absolute atomic E-state index is 4.71. The van der Waals surface area contributed by atoms with Crippen molar-refractivity contribution in [3.8, 4) is 11.5 Å².